The normalized spacial score (nSPS) is 14.5. The number of aromatic nitrogens is 3. The van der Waals surface area contributed by atoms with Crippen LogP contribution in [0.3, 0.4) is 0 Å². The molecule has 1 amide bonds. The summed E-state index contributed by atoms with van der Waals surface area (Å²) in [7, 11) is 0. The monoisotopic (exact) mass is 410 g/mol. The first-order chi connectivity index (χ1) is 15.3. The summed E-state index contributed by atoms with van der Waals surface area (Å²) in [5.74, 6) is 1.23. The average Bonchev–Trinajstić information content (AvgIpc) is 3.40. The van der Waals surface area contributed by atoms with Crippen molar-refractivity contribution in [2.45, 2.75) is 18.8 Å². The quantitative estimate of drug-likeness (QED) is 0.482. The summed E-state index contributed by atoms with van der Waals surface area (Å²) < 4.78 is 5.25. The highest BCUT2D eigenvalue weighted by atomic mass is 16.3. The Balaban J connectivity index is 1.41. The van der Waals surface area contributed by atoms with E-state index in [-0.39, 0.29) is 11.8 Å². The summed E-state index contributed by atoms with van der Waals surface area (Å²) in [6.07, 6.45) is 3.12. The van der Waals surface area contributed by atoms with E-state index in [2.05, 4.69) is 10.2 Å². The average molecular weight is 410 g/mol. The molecule has 5 rings (SSSR count). The third-order valence-electron chi connectivity index (χ3n) is 5.68. The molecule has 0 bridgehead atoms. The van der Waals surface area contributed by atoms with E-state index in [9.17, 15) is 4.79 Å². The first-order valence-corrected chi connectivity index (χ1v) is 10.5. The summed E-state index contributed by atoms with van der Waals surface area (Å²) in [6, 6.07) is 23.6. The molecule has 0 N–H and O–H groups in total. The Morgan fingerprint density at radius 1 is 0.806 bits per heavy atom. The summed E-state index contributed by atoms with van der Waals surface area (Å²) in [5, 5.41) is 9.09. The number of amides is 1. The fourth-order valence-corrected chi connectivity index (χ4v) is 4.00. The second-order valence-corrected chi connectivity index (χ2v) is 7.64. The largest absolute Gasteiger partial charge is 0.459 e. The molecule has 3 heterocycles. The van der Waals surface area contributed by atoms with E-state index in [0.717, 1.165) is 41.2 Å². The van der Waals surface area contributed by atoms with Gasteiger partial charge in [-0.1, -0.05) is 60.7 Å². The van der Waals surface area contributed by atoms with Crippen LogP contribution in [0, 0.1) is 0 Å². The zero-order valence-corrected chi connectivity index (χ0v) is 17.0. The highest BCUT2D eigenvalue weighted by molar-refractivity contribution is 5.91. The van der Waals surface area contributed by atoms with Crippen molar-refractivity contribution < 1.29 is 9.21 Å². The van der Waals surface area contributed by atoms with Crippen molar-refractivity contribution in [3.63, 3.8) is 0 Å². The number of carbonyl (C=O) groups is 1. The maximum absolute atomic E-state index is 12.5. The first-order valence-electron chi connectivity index (χ1n) is 10.5. The molecule has 6 heteroatoms. The minimum Gasteiger partial charge on any atom is -0.459 e. The molecular weight excluding hydrogens is 388 g/mol. The molecule has 4 aromatic rings. The highest BCUT2D eigenvalue weighted by Crippen LogP contribution is 2.32. The molecular formula is C25H22N4O2. The van der Waals surface area contributed by atoms with Crippen LogP contribution in [-0.4, -0.2) is 39.1 Å². The fraction of sp³-hybridized carbons (Fsp3) is 0.200. The molecule has 2 aromatic carbocycles. The number of carbonyl (C=O) groups excluding carboxylic acids is 1. The highest BCUT2D eigenvalue weighted by Gasteiger charge is 2.28. The van der Waals surface area contributed by atoms with Crippen molar-refractivity contribution in [2.24, 2.45) is 0 Å². The number of benzene rings is 2. The molecule has 0 spiro atoms. The van der Waals surface area contributed by atoms with Gasteiger partial charge in [-0.3, -0.25) is 4.79 Å². The number of piperidine rings is 1. The van der Waals surface area contributed by atoms with E-state index < -0.39 is 0 Å². The zero-order valence-electron chi connectivity index (χ0n) is 17.0. The van der Waals surface area contributed by atoms with Crippen LogP contribution >= 0.6 is 0 Å². The van der Waals surface area contributed by atoms with E-state index in [1.165, 1.54) is 6.26 Å². The Morgan fingerprint density at radius 2 is 1.45 bits per heavy atom. The zero-order chi connectivity index (χ0) is 21.0. The number of rotatable bonds is 4. The Bertz CT molecular complexity index is 1150. The minimum atomic E-state index is -0.0631. The molecule has 0 aliphatic carbocycles. The summed E-state index contributed by atoms with van der Waals surface area (Å²) in [5.41, 5.74) is 3.63. The molecule has 1 aliphatic rings. The fourth-order valence-electron chi connectivity index (χ4n) is 4.00. The van der Waals surface area contributed by atoms with E-state index in [4.69, 9.17) is 9.40 Å². The van der Waals surface area contributed by atoms with Crippen molar-refractivity contribution in [2.75, 3.05) is 13.1 Å². The molecule has 1 fully saturated rings. The van der Waals surface area contributed by atoms with Gasteiger partial charge in [0, 0.05) is 30.1 Å². The predicted molar refractivity (Wildman–Crippen MR) is 117 cm³/mol. The maximum Gasteiger partial charge on any atom is 0.289 e. The number of hydrogen-bond donors (Lipinski definition) is 0. The van der Waals surface area contributed by atoms with E-state index in [0.29, 0.717) is 18.8 Å². The van der Waals surface area contributed by atoms with Gasteiger partial charge in [0.2, 0.25) is 0 Å². The van der Waals surface area contributed by atoms with Crippen molar-refractivity contribution in [1.82, 2.24) is 20.1 Å². The van der Waals surface area contributed by atoms with Crippen LogP contribution in [0.25, 0.3) is 22.5 Å². The summed E-state index contributed by atoms with van der Waals surface area (Å²) >= 11 is 0. The third-order valence-corrected chi connectivity index (χ3v) is 5.68. The third kappa shape index (κ3) is 3.97. The molecule has 0 saturated carbocycles. The molecule has 1 aliphatic heterocycles. The molecule has 6 nitrogen and oxygen atoms in total. The van der Waals surface area contributed by atoms with Crippen LogP contribution in [0.2, 0.25) is 0 Å². The number of hydrogen-bond acceptors (Lipinski definition) is 5. The Hall–Kier alpha value is -3.80. The lowest BCUT2D eigenvalue weighted by Crippen LogP contribution is -2.38. The summed E-state index contributed by atoms with van der Waals surface area (Å²) in [6.45, 7) is 1.29. The van der Waals surface area contributed by atoms with Gasteiger partial charge in [0.15, 0.2) is 11.6 Å². The maximum atomic E-state index is 12.5. The molecule has 154 valence electrons. The van der Waals surface area contributed by atoms with Gasteiger partial charge in [0.05, 0.1) is 6.26 Å². The van der Waals surface area contributed by atoms with Gasteiger partial charge >= 0.3 is 0 Å². The smallest absolute Gasteiger partial charge is 0.289 e. The van der Waals surface area contributed by atoms with E-state index >= 15 is 0 Å². The molecule has 0 atom stereocenters. The van der Waals surface area contributed by atoms with Gasteiger partial charge in [-0.2, -0.15) is 0 Å². The molecule has 1 saturated heterocycles. The SMILES string of the molecule is O=C(c1ccco1)N1CCC(c2nnc(-c3ccccc3)c(-c3ccccc3)n2)CC1. The first kappa shape index (κ1) is 19.2. The van der Waals surface area contributed by atoms with Gasteiger partial charge in [-0.15, -0.1) is 10.2 Å². The van der Waals surface area contributed by atoms with E-state index in [1.807, 2.05) is 65.6 Å². The lowest BCUT2D eigenvalue weighted by molar-refractivity contribution is 0.0678. The van der Waals surface area contributed by atoms with Crippen LogP contribution in [-0.2, 0) is 0 Å². The number of furan rings is 1. The van der Waals surface area contributed by atoms with Gasteiger partial charge in [0.1, 0.15) is 11.4 Å². The Kier molecular flexibility index (Phi) is 5.27. The van der Waals surface area contributed by atoms with Gasteiger partial charge < -0.3 is 9.32 Å². The molecule has 2 aromatic heterocycles. The van der Waals surface area contributed by atoms with Gasteiger partial charge in [-0.05, 0) is 25.0 Å². The van der Waals surface area contributed by atoms with Gasteiger partial charge in [0.25, 0.3) is 5.91 Å². The number of likely N-dealkylation sites (tertiary alicyclic amines) is 1. The second-order valence-electron chi connectivity index (χ2n) is 7.64. The van der Waals surface area contributed by atoms with Crippen LogP contribution in [0.5, 0.6) is 0 Å². The van der Waals surface area contributed by atoms with Crippen molar-refractivity contribution in [3.05, 3.63) is 90.6 Å². The predicted octanol–water partition coefficient (Wildman–Crippen LogP) is 4.82. The summed E-state index contributed by atoms with van der Waals surface area (Å²) in [4.78, 5) is 19.3. The van der Waals surface area contributed by atoms with Crippen LogP contribution in [0.15, 0.2) is 83.5 Å². The lowest BCUT2D eigenvalue weighted by atomic mass is 9.95. The minimum absolute atomic E-state index is 0.0631. The molecule has 0 unspecified atom stereocenters. The van der Waals surface area contributed by atoms with Crippen LogP contribution in [0.4, 0.5) is 0 Å². The van der Waals surface area contributed by atoms with Crippen LogP contribution < -0.4 is 0 Å². The van der Waals surface area contributed by atoms with Crippen molar-refractivity contribution in [1.29, 1.82) is 0 Å². The van der Waals surface area contributed by atoms with Crippen LogP contribution in [0.1, 0.15) is 35.1 Å². The molecule has 0 radical (unpaired) electrons. The number of nitrogens with zero attached hydrogens (tertiary/aromatic N) is 4. The van der Waals surface area contributed by atoms with Gasteiger partial charge in [-0.25, -0.2) is 4.98 Å². The molecule has 31 heavy (non-hydrogen) atoms. The topological polar surface area (TPSA) is 72.1 Å². The van der Waals surface area contributed by atoms with Crippen molar-refractivity contribution in [3.8, 4) is 22.5 Å². The van der Waals surface area contributed by atoms with Crippen molar-refractivity contribution >= 4 is 5.91 Å². The lowest BCUT2D eigenvalue weighted by Gasteiger charge is -2.30. The Labute approximate surface area is 180 Å². The Morgan fingerprint density at radius 3 is 2.06 bits per heavy atom. The standard InChI is InChI=1S/C25H22N4O2/c30-25(21-12-7-17-31-21)29-15-13-20(14-16-29)24-26-22(18-8-3-1-4-9-18)23(27-28-24)19-10-5-2-6-11-19/h1-12,17,20H,13-16H2. The second kappa shape index (κ2) is 8.52. The van der Waals surface area contributed by atoms with E-state index in [1.54, 1.807) is 12.1 Å².